The lowest BCUT2D eigenvalue weighted by atomic mass is 9.89. The number of carbonyl (C=O) groups excluding carboxylic acids is 1. The molecule has 1 aliphatic heterocycles. The van der Waals surface area contributed by atoms with Gasteiger partial charge in [0.25, 0.3) is 0 Å². The summed E-state index contributed by atoms with van der Waals surface area (Å²) in [6.45, 7) is 11.0. The zero-order valence-corrected chi connectivity index (χ0v) is 13.1. The van der Waals surface area contributed by atoms with Crippen LogP contribution in [0.5, 0.6) is 0 Å². The molecule has 3 heteroatoms. The van der Waals surface area contributed by atoms with E-state index < -0.39 is 0 Å². The van der Waals surface area contributed by atoms with Crippen molar-refractivity contribution >= 4 is 5.78 Å². The fourth-order valence-electron chi connectivity index (χ4n) is 3.69. The van der Waals surface area contributed by atoms with E-state index in [0.29, 0.717) is 11.8 Å². The average Bonchev–Trinajstić information content (AvgIpc) is 2.66. The van der Waals surface area contributed by atoms with Gasteiger partial charge in [0, 0.05) is 23.9 Å². The zero-order chi connectivity index (χ0) is 14.0. The molecule has 1 saturated heterocycles. The van der Waals surface area contributed by atoms with E-state index in [1.165, 1.54) is 32.5 Å². The van der Waals surface area contributed by atoms with Gasteiger partial charge in [0.15, 0.2) is 0 Å². The summed E-state index contributed by atoms with van der Waals surface area (Å²) in [5, 5.41) is 0. The van der Waals surface area contributed by atoms with Crippen molar-refractivity contribution in [3.63, 3.8) is 0 Å². The Morgan fingerprint density at radius 1 is 1.26 bits per heavy atom. The number of nitrogens with zero attached hydrogens (tertiary/aromatic N) is 2. The van der Waals surface area contributed by atoms with E-state index in [2.05, 4.69) is 37.6 Å². The molecule has 110 valence electrons. The Bertz CT molecular complexity index is 319. The molecule has 3 nitrogen and oxygen atoms in total. The molecule has 2 fully saturated rings. The standard InChI is InChI=1S/C16H30N2O/c1-5-18-10-7-14(8-11-18)17(4)12-13-6-9-16(2,3)15(13)19/h13-14H,5-12H2,1-4H3. The maximum Gasteiger partial charge on any atom is 0.142 e. The van der Waals surface area contributed by atoms with E-state index in [4.69, 9.17) is 0 Å². The van der Waals surface area contributed by atoms with E-state index in [1.807, 2.05) is 0 Å². The molecule has 1 atom stereocenters. The first kappa shape index (κ1) is 15.0. The number of ketones is 1. The van der Waals surface area contributed by atoms with Gasteiger partial charge in [-0.1, -0.05) is 20.8 Å². The van der Waals surface area contributed by atoms with Gasteiger partial charge in [-0.25, -0.2) is 0 Å². The molecule has 0 N–H and O–H groups in total. The Hall–Kier alpha value is -0.410. The summed E-state index contributed by atoms with van der Waals surface area (Å²) in [6, 6.07) is 0.680. The first-order valence-corrected chi connectivity index (χ1v) is 7.91. The number of Topliss-reactive ketones (excluding diaryl/α,β-unsaturated/α-hetero) is 1. The van der Waals surface area contributed by atoms with Crippen molar-refractivity contribution in [3.05, 3.63) is 0 Å². The molecule has 1 unspecified atom stereocenters. The minimum absolute atomic E-state index is 0.0723. The minimum Gasteiger partial charge on any atom is -0.303 e. The van der Waals surface area contributed by atoms with Crippen LogP contribution in [0.15, 0.2) is 0 Å². The van der Waals surface area contributed by atoms with E-state index in [9.17, 15) is 4.79 Å². The highest BCUT2D eigenvalue weighted by atomic mass is 16.1. The predicted molar refractivity (Wildman–Crippen MR) is 79.3 cm³/mol. The Balaban J connectivity index is 1.82. The summed E-state index contributed by atoms with van der Waals surface area (Å²) in [4.78, 5) is 17.3. The topological polar surface area (TPSA) is 23.6 Å². The molecule has 1 aliphatic carbocycles. The highest BCUT2D eigenvalue weighted by molar-refractivity contribution is 5.88. The molecular formula is C16H30N2O. The second-order valence-electron chi connectivity index (χ2n) is 7.09. The molecule has 2 aliphatic rings. The van der Waals surface area contributed by atoms with Crippen molar-refractivity contribution in [2.45, 2.75) is 52.5 Å². The Morgan fingerprint density at radius 3 is 2.37 bits per heavy atom. The summed E-state index contributed by atoms with van der Waals surface area (Å²) in [6.07, 6.45) is 4.67. The first-order chi connectivity index (χ1) is 8.94. The van der Waals surface area contributed by atoms with Crippen LogP contribution in [0.2, 0.25) is 0 Å². The molecule has 1 heterocycles. The Labute approximate surface area is 118 Å². The van der Waals surface area contributed by atoms with E-state index >= 15 is 0 Å². The first-order valence-electron chi connectivity index (χ1n) is 7.91. The van der Waals surface area contributed by atoms with Gasteiger partial charge in [-0.2, -0.15) is 0 Å². The molecule has 19 heavy (non-hydrogen) atoms. The molecular weight excluding hydrogens is 236 g/mol. The van der Waals surface area contributed by atoms with Crippen LogP contribution < -0.4 is 0 Å². The van der Waals surface area contributed by atoms with Crippen molar-refractivity contribution < 1.29 is 4.79 Å². The predicted octanol–water partition coefficient (Wildman–Crippen LogP) is 2.41. The maximum absolute atomic E-state index is 12.3. The zero-order valence-electron chi connectivity index (χ0n) is 13.1. The van der Waals surface area contributed by atoms with Crippen LogP contribution >= 0.6 is 0 Å². The third kappa shape index (κ3) is 3.38. The molecule has 2 rings (SSSR count). The number of likely N-dealkylation sites (tertiary alicyclic amines) is 1. The number of carbonyl (C=O) groups is 1. The van der Waals surface area contributed by atoms with Gasteiger partial charge in [0.2, 0.25) is 0 Å². The maximum atomic E-state index is 12.3. The normalized spacial score (nSPS) is 29.3. The van der Waals surface area contributed by atoms with Gasteiger partial charge >= 0.3 is 0 Å². The molecule has 1 saturated carbocycles. The van der Waals surface area contributed by atoms with Crippen LogP contribution in [0.3, 0.4) is 0 Å². The van der Waals surface area contributed by atoms with E-state index in [-0.39, 0.29) is 11.3 Å². The second-order valence-corrected chi connectivity index (χ2v) is 7.09. The molecule has 0 spiro atoms. The number of piperidine rings is 1. The summed E-state index contributed by atoms with van der Waals surface area (Å²) in [5.74, 6) is 0.773. The molecule has 0 radical (unpaired) electrons. The van der Waals surface area contributed by atoms with Gasteiger partial charge in [0.1, 0.15) is 5.78 Å². The van der Waals surface area contributed by atoms with Crippen LogP contribution in [0, 0.1) is 11.3 Å². The van der Waals surface area contributed by atoms with Crippen molar-refractivity contribution in [2.75, 3.05) is 33.2 Å². The number of hydrogen-bond acceptors (Lipinski definition) is 3. The molecule has 0 aromatic carbocycles. The van der Waals surface area contributed by atoms with Crippen molar-refractivity contribution in [2.24, 2.45) is 11.3 Å². The number of rotatable bonds is 4. The fourth-order valence-corrected chi connectivity index (χ4v) is 3.69. The minimum atomic E-state index is -0.0723. The highest BCUT2D eigenvalue weighted by Gasteiger charge is 2.41. The molecule has 0 aromatic rings. The van der Waals surface area contributed by atoms with Crippen LogP contribution in [0.25, 0.3) is 0 Å². The summed E-state index contributed by atoms with van der Waals surface area (Å²) < 4.78 is 0. The third-order valence-corrected chi connectivity index (χ3v) is 5.29. The van der Waals surface area contributed by atoms with Crippen LogP contribution in [0.1, 0.15) is 46.5 Å². The summed E-state index contributed by atoms with van der Waals surface area (Å²) in [7, 11) is 2.21. The third-order valence-electron chi connectivity index (χ3n) is 5.29. The summed E-state index contributed by atoms with van der Waals surface area (Å²) >= 11 is 0. The van der Waals surface area contributed by atoms with Crippen LogP contribution in [0.4, 0.5) is 0 Å². The highest BCUT2D eigenvalue weighted by Crippen LogP contribution is 2.38. The fraction of sp³-hybridized carbons (Fsp3) is 0.938. The lowest BCUT2D eigenvalue weighted by molar-refractivity contribution is -0.128. The summed E-state index contributed by atoms with van der Waals surface area (Å²) in [5.41, 5.74) is -0.0723. The Kier molecular flexibility index (Phi) is 4.67. The smallest absolute Gasteiger partial charge is 0.142 e. The average molecular weight is 266 g/mol. The van der Waals surface area contributed by atoms with E-state index in [0.717, 1.165) is 19.4 Å². The van der Waals surface area contributed by atoms with Crippen LogP contribution in [-0.2, 0) is 4.79 Å². The number of hydrogen-bond donors (Lipinski definition) is 0. The molecule has 0 amide bonds. The monoisotopic (exact) mass is 266 g/mol. The van der Waals surface area contributed by atoms with Crippen molar-refractivity contribution in [3.8, 4) is 0 Å². The molecule has 0 bridgehead atoms. The largest absolute Gasteiger partial charge is 0.303 e. The second kappa shape index (κ2) is 5.92. The van der Waals surface area contributed by atoms with E-state index in [1.54, 1.807) is 0 Å². The van der Waals surface area contributed by atoms with Gasteiger partial charge in [-0.3, -0.25) is 4.79 Å². The van der Waals surface area contributed by atoms with Gasteiger partial charge in [-0.05, 0) is 52.4 Å². The van der Waals surface area contributed by atoms with Crippen molar-refractivity contribution in [1.29, 1.82) is 0 Å². The van der Waals surface area contributed by atoms with Crippen molar-refractivity contribution in [1.82, 2.24) is 9.80 Å². The van der Waals surface area contributed by atoms with Gasteiger partial charge < -0.3 is 9.80 Å². The van der Waals surface area contributed by atoms with Crippen LogP contribution in [-0.4, -0.2) is 54.9 Å². The lowest BCUT2D eigenvalue weighted by Crippen LogP contribution is -2.45. The Morgan fingerprint density at radius 2 is 1.89 bits per heavy atom. The van der Waals surface area contributed by atoms with Gasteiger partial charge in [0.05, 0.1) is 0 Å². The quantitative estimate of drug-likeness (QED) is 0.781. The molecule has 0 aromatic heterocycles. The van der Waals surface area contributed by atoms with Gasteiger partial charge in [-0.15, -0.1) is 0 Å². The lowest BCUT2D eigenvalue weighted by Gasteiger charge is -2.37. The SMILES string of the molecule is CCN1CCC(N(C)CC2CCC(C)(C)C2=O)CC1.